The Bertz CT molecular complexity index is 244. The molecule has 0 saturated carbocycles. The molecule has 0 aromatic rings. The second-order valence-corrected chi connectivity index (χ2v) is 2.06. The number of amides is 3. The summed E-state index contributed by atoms with van der Waals surface area (Å²) in [5.74, 6) is -0.881. The maximum Gasteiger partial charge on any atom is 0.272 e. The van der Waals surface area contributed by atoms with Crippen LogP contribution in [0.4, 0.5) is 0 Å². The van der Waals surface area contributed by atoms with Gasteiger partial charge in [-0.2, -0.15) is 0 Å². The zero-order valence-electron chi connectivity index (χ0n) is 5.66. The van der Waals surface area contributed by atoms with Gasteiger partial charge in [0.25, 0.3) is 5.91 Å². The third-order valence-electron chi connectivity index (χ3n) is 1.31. The Morgan fingerprint density at radius 2 is 2.09 bits per heavy atom. The van der Waals surface area contributed by atoms with Gasteiger partial charge in [-0.15, -0.1) is 0 Å². The summed E-state index contributed by atoms with van der Waals surface area (Å²) in [5.41, 5.74) is 0.125. The van der Waals surface area contributed by atoms with E-state index in [9.17, 15) is 14.4 Å². The molecule has 0 atom stereocenters. The number of carbonyl (C=O) groups excluding carboxylic acids is 3. The highest BCUT2D eigenvalue weighted by molar-refractivity contribution is 6.43. The highest BCUT2D eigenvalue weighted by Gasteiger charge is 2.21. The highest BCUT2D eigenvalue weighted by atomic mass is 16.2. The minimum atomic E-state index is -0.562. The van der Waals surface area contributed by atoms with Crippen molar-refractivity contribution in [3.63, 3.8) is 0 Å². The summed E-state index contributed by atoms with van der Waals surface area (Å²) in [6.45, 7) is 0. The lowest BCUT2D eigenvalue weighted by Gasteiger charge is -2.10. The van der Waals surface area contributed by atoms with E-state index in [-0.39, 0.29) is 24.5 Å². The number of nitrogens with zero attached hydrogens (tertiary/aromatic N) is 1. The standard InChI is InChI=1S/C6H6N2O3/c9-3-7-4-1-2-5(10)8-6(4)11/h3H,1-2H2,(H,8,10,11). The Morgan fingerprint density at radius 3 is 2.64 bits per heavy atom. The molecule has 1 rings (SSSR count). The molecule has 0 unspecified atom stereocenters. The van der Waals surface area contributed by atoms with Crippen LogP contribution in [0.3, 0.4) is 0 Å². The van der Waals surface area contributed by atoms with Crippen LogP contribution in [0.5, 0.6) is 0 Å². The van der Waals surface area contributed by atoms with Crippen molar-refractivity contribution in [1.82, 2.24) is 5.32 Å². The van der Waals surface area contributed by atoms with Crippen LogP contribution in [-0.2, 0) is 14.4 Å². The second-order valence-electron chi connectivity index (χ2n) is 2.06. The van der Waals surface area contributed by atoms with Crippen LogP contribution in [0, 0.1) is 0 Å². The van der Waals surface area contributed by atoms with Crippen LogP contribution in [0.25, 0.3) is 0 Å². The fraction of sp³-hybridized carbons (Fsp3) is 0.333. The lowest BCUT2D eigenvalue weighted by atomic mass is 10.1. The summed E-state index contributed by atoms with van der Waals surface area (Å²) in [7, 11) is 0. The topological polar surface area (TPSA) is 75.6 Å². The van der Waals surface area contributed by atoms with E-state index < -0.39 is 5.91 Å². The first kappa shape index (κ1) is 7.59. The van der Waals surface area contributed by atoms with Crippen molar-refractivity contribution in [1.29, 1.82) is 0 Å². The van der Waals surface area contributed by atoms with Gasteiger partial charge in [0.15, 0.2) is 0 Å². The number of hydrogen-bond acceptors (Lipinski definition) is 3. The molecular weight excluding hydrogens is 148 g/mol. The van der Waals surface area contributed by atoms with E-state index in [4.69, 9.17) is 0 Å². The summed E-state index contributed by atoms with van der Waals surface area (Å²) >= 11 is 0. The van der Waals surface area contributed by atoms with Crippen LogP contribution in [-0.4, -0.2) is 23.9 Å². The number of nitrogens with one attached hydrogen (secondary N) is 1. The summed E-state index contributed by atoms with van der Waals surface area (Å²) < 4.78 is 0. The minimum absolute atomic E-state index is 0.125. The Hall–Kier alpha value is -1.52. The maximum absolute atomic E-state index is 10.8. The summed E-state index contributed by atoms with van der Waals surface area (Å²) in [4.78, 5) is 34.4. The van der Waals surface area contributed by atoms with Crippen molar-refractivity contribution in [3.8, 4) is 0 Å². The maximum atomic E-state index is 10.8. The van der Waals surface area contributed by atoms with E-state index in [0.29, 0.717) is 6.41 Å². The van der Waals surface area contributed by atoms with Gasteiger partial charge in [0.1, 0.15) is 5.71 Å². The smallest absolute Gasteiger partial charge is 0.272 e. The van der Waals surface area contributed by atoms with Crippen molar-refractivity contribution in [2.24, 2.45) is 4.99 Å². The van der Waals surface area contributed by atoms with Crippen molar-refractivity contribution >= 4 is 23.9 Å². The SMILES string of the molecule is O=CN=C1CCC(=O)NC1=O. The van der Waals surface area contributed by atoms with E-state index in [0.717, 1.165) is 0 Å². The average molecular weight is 154 g/mol. The molecule has 0 radical (unpaired) electrons. The Balaban J connectivity index is 2.72. The van der Waals surface area contributed by atoms with Gasteiger partial charge in [0.2, 0.25) is 12.3 Å². The lowest BCUT2D eigenvalue weighted by molar-refractivity contribution is -0.128. The number of hydrogen-bond donors (Lipinski definition) is 1. The fourth-order valence-electron chi connectivity index (χ4n) is 0.794. The van der Waals surface area contributed by atoms with E-state index in [1.54, 1.807) is 0 Å². The van der Waals surface area contributed by atoms with E-state index in [2.05, 4.69) is 4.99 Å². The molecule has 3 amide bonds. The average Bonchev–Trinajstić information content (AvgIpc) is 1.95. The molecule has 1 saturated heterocycles. The van der Waals surface area contributed by atoms with Gasteiger partial charge in [-0.05, 0) is 0 Å². The van der Waals surface area contributed by atoms with Crippen LogP contribution >= 0.6 is 0 Å². The van der Waals surface area contributed by atoms with Crippen LogP contribution in [0.2, 0.25) is 0 Å². The molecule has 5 nitrogen and oxygen atoms in total. The number of aliphatic imine (C=N–C) groups is 1. The lowest BCUT2D eigenvalue weighted by Crippen LogP contribution is -2.41. The molecule has 5 heteroatoms. The van der Waals surface area contributed by atoms with Gasteiger partial charge in [0, 0.05) is 12.8 Å². The molecule has 1 heterocycles. The molecule has 1 N–H and O–H groups in total. The molecule has 1 fully saturated rings. The molecule has 1 aliphatic rings. The van der Waals surface area contributed by atoms with Crippen LogP contribution in [0.15, 0.2) is 4.99 Å². The quantitative estimate of drug-likeness (QED) is 0.389. The molecule has 0 bridgehead atoms. The Morgan fingerprint density at radius 1 is 1.36 bits per heavy atom. The van der Waals surface area contributed by atoms with Crippen molar-refractivity contribution in [2.45, 2.75) is 12.8 Å². The number of imide groups is 1. The number of rotatable bonds is 1. The molecule has 0 aliphatic carbocycles. The predicted octanol–water partition coefficient (Wildman–Crippen LogP) is -0.980. The third-order valence-corrected chi connectivity index (χ3v) is 1.31. The Kier molecular flexibility index (Phi) is 2.10. The first-order valence-corrected chi connectivity index (χ1v) is 3.08. The van der Waals surface area contributed by atoms with Crippen molar-refractivity contribution in [2.75, 3.05) is 0 Å². The van der Waals surface area contributed by atoms with Crippen molar-refractivity contribution in [3.05, 3.63) is 0 Å². The normalized spacial score (nSPS) is 21.6. The van der Waals surface area contributed by atoms with Crippen LogP contribution < -0.4 is 5.32 Å². The number of piperidine rings is 1. The Labute approximate surface area is 62.5 Å². The zero-order chi connectivity index (χ0) is 8.27. The van der Waals surface area contributed by atoms with Gasteiger partial charge >= 0.3 is 0 Å². The fourth-order valence-corrected chi connectivity index (χ4v) is 0.794. The summed E-state index contributed by atoms with van der Waals surface area (Å²) in [6.07, 6.45) is 0.770. The number of carbonyl (C=O) groups is 3. The highest BCUT2D eigenvalue weighted by Crippen LogP contribution is 1.99. The second kappa shape index (κ2) is 3.05. The van der Waals surface area contributed by atoms with Gasteiger partial charge in [-0.1, -0.05) is 0 Å². The molecule has 0 aromatic carbocycles. The largest absolute Gasteiger partial charge is 0.291 e. The summed E-state index contributed by atoms with van der Waals surface area (Å²) in [6, 6.07) is 0. The van der Waals surface area contributed by atoms with Crippen molar-refractivity contribution < 1.29 is 14.4 Å². The third kappa shape index (κ3) is 1.70. The van der Waals surface area contributed by atoms with E-state index in [1.165, 1.54) is 0 Å². The monoisotopic (exact) mass is 154 g/mol. The molecule has 0 spiro atoms. The predicted molar refractivity (Wildman–Crippen MR) is 35.9 cm³/mol. The molecule has 1 aliphatic heterocycles. The zero-order valence-corrected chi connectivity index (χ0v) is 5.66. The van der Waals surface area contributed by atoms with Crippen LogP contribution in [0.1, 0.15) is 12.8 Å². The van der Waals surface area contributed by atoms with Gasteiger partial charge in [-0.3, -0.25) is 19.7 Å². The summed E-state index contributed by atoms with van der Waals surface area (Å²) in [5, 5.41) is 2.05. The molecular formula is C6H6N2O3. The van der Waals surface area contributed by atoms with E-state index >= 15 is 0 Å². The molecule has 11 heavy (non-hydrogen) atoms. The molecule has 58 valence electrons. The van der Waals surface area contributed by atoms with Gasteiger partial charge < -0.3 is 0 Å². The first-order chi connectivity index (χ1) is 5.24. The molecule has 0 aromatic heterocycles. The van der Waals surface area contributed by atoms with Gasteiger partial charge in [0.05, 0.1) is 0 Å². The van der Waals surface area contributed by atoms with Gasteiger partial charge in [-0.25, -0.2) is 4.99 Å². The van der Waals surface area contributed by atoms with E-state index in [1.807, 2.05) is 5.32 Å². The first-order valence-electron chi connectivity index (χ1n) is 3.08. The minimum Gasteiger partial charge on any atom is -0.291 e.